The highest BCUT2D eigenvalue weighted by Gasteiger charge is 2.14. The molecule has 1 aromatic heterocycles. The van der Waals surface area contributed by atoms with E-state index in [2.05, 4.69) is 10.2 Å². The minimum absolute atomic E-state index is 0.138. The van der Waals surface area contributed by atoms with Crippen LogP contribution in [0, 0.1) is 0 Å². The van der Waals surface area contributed by atoms with Gasteiger partial charge in [-0.05, 0) is 29.8 Å². The topological polar surface area (TPSA) is 74.5 Å². The second kappa shape index (κ2) is 7.65. The first kappa shape index (κ1) is 16.1. The van der Waals surface area contributed by atoms with E-state index in [4.69, 9.17) is 13.9 Å². The lowest BCUT2D eigenvalue weighted by molar-refractivity contribution is 0.168. The van der Waals surface area contributed by atoms with Crippen molar-refractivity contribution in [3.63, 3.8) is 0 Å². The van der Waals surface area contributed by atoms with Crippen LogP contribution in [-0.2, 0) is 11.3 Å². The van der Waals surface area contributed by atoms with Crippen LogP contribution >= 0.6 is 11.8 Å². The van der Waals surface area contributed by atoms with E-state index in [0.717, 1.165) is 28.6 Å². The molecule has 7 heteroatoms. The zero-order chi connectivity index (χ0) is 16.8. The van der Waals surface area contributed by atoms with Gasteiger partial charge < -0.3 is 13.9 Å². The van der Waals surface area contributed by atoms with E-state index in [9.17, 15) is 4.79 Å². The number of carbonyl (C=O) groups excluding carboxylic acids is 1. The van der Waals surface area contributed by atoms with E-state index >= 15 is 0 Å². The molecular formula is C17H14N2O4S. The normalized spacial score (nSPS) is 10.4. The van der Waals surface area contributed by atoms with E-state index < -0.39 is 5.30 Å². The molecule has 0 aliphatic carbocycles. The predicted molar refractivity (Wildman–Crippen MR) is 88.8 cm³/mol. The molecule has 3 aromatic rings. The quantitative estimate of drug-likeness (QED) is 0.509. The highest BCUT2D eigenvalue weighted by Crippen LogP contribution is 2.25. The van der Waals surface area contributed by atoms with Gasteiger partial charge in [0.1, 0.15) is 12.4 Å². The Bertz CT molecular complexity index is 803. The Morgan fingerprint density at radius 2 is 1.83 bits per heavy atom. The SMILES string of the molecule is COc1ccc(-c2nnc(SC(=O)OCc3ccccc3)o2)cc1. The zero-order valence-corrected chi connectivity index (χ0v) is 13.7. The van der Waals surface area contributed by atoms with E-state index in [-0.39, 0.29) is 11.8 Å². The molecule has 0 saturated carbocycles. The molecule has 1 heterocycles. The van der Waals surface area contributed by atoms with Crippen molar-refractivity contribution in [1.82, 2.24) is 10.2 Å². The zero-order valence-electron chi connectivity index (χ0n) is 12.8. The van der Waals surface area contributed by atoms with Crippen molar-refractivity contribution in [3.05, 3.63) is 60.2 Å². The summed E-state index contributed by atoms with van der Waals surface area (Å²) in [5.74, 6) is 1.06. The Hall–Kier alpha value is -2.80. The molecule has 0 saturated heterocycles. The van der Waals surface area contributed by atoms with E-state index in [1.54, 1.807) is 31.4 Å². The van der Waals surface area contributed by atoms with E-state index in [1.165, 1.54) is 0 Å². The standard InChI is InChI=1S/C17H14N2O4S/c1-21-14-9-7-13(8-10-14)15-18-19-16(23-15)24-17(20)22-11-12-5-3-2-4-6-12/h2-10H,11H2,1H3. The third-order valence-corrected chi connectivity index (χ3v) is 3.74. The number of ether oxygens (including phenoxy) is 2. The van der Waals surface area contributed by atoms with Crippen molar-refractivity contribution in [3.8, 4) is 17.2 Å². The Morgan fingerprint density at radius 3 is 2.54 bits per heavy atom. The fourth-order valence-electron chi connectivity index (χ4n) is 1.92. The molecule has 0 bridgehead atoms. The Labute approximate surface area is 142 Å². The average molecular weight is 342 g/mol. The number of thioether (sulfide) groups is 1. The van der Waals surface area contributed by atoms with Gasteiger partial charge in [0.2, 0.25) is 5.89 Å². The molecule has 0 fully saturated rings. The molecular weight excluding hydrogens is 328 g/mol. The molecule has 3 rings (SSSR count). The highest BCUT2D eigenvalue weighted by molar-refractivity contribution is 8.13. The summed E-state index contributed by atoms with van der Waals surface area (Å²) >= 11 is 0.760. The average Bonchev–Trinajstić information content (AvgIpc) is 3.09. The predicted octanol–water partition coefficient (Wildman–Crippen LogP) is 4.17. The molecule has 0 unspecified atom stereocenters. The van der Waals surface area contributed by atoms with Crippen LogP contribution < -0.4 is 4.74 Å². The maximum absolute atomic E-state index is 11.8. The number of methoxy groups -OCH3 is 1. The van der Waals surface area contributed by atoms with Gasteiger partial charge in [0.25, 0.3) is 5.22 Å². The van der Waals surface area contributed by atoms with E-state index in [0.29, 0.717) is 5.89 Å². The molecule has 0 amide bonds. The monoisotopic (exact) mass is 342 g/mol. The highest BCUT2D eigenvalue weighted by atomic mass is 32.2. The molecule has 6 nitrogen and oxygen atoms in total. The Balaban J connectivity index is 1.58. The summed E-state index contributed by atoms with van der Waals surface area (Å²) in [5.41, 5.74) is 1.66. The third kappa shape index (κ3) is 4.14. The van der Waals surface area contributed by atoms with Gasteiger partial charge in [0.05, 0.1) is 18.9 Å². The van der Waals surface area contributed by atoms with Crippen LogP contribution in [0.15, 0.2) is 64.2 Å². The fraction of sp³-hybridized carbons (Fsp3) is 0.118. The fourth-order valence-corrected chi connectivity index (χ4v) is 2.38. The van der Waals surface area contributed by atoms with Crippen LogP contribution in [0.25, 0.3) is 11.5 Å². The first-order valence-corrected chi connectivity index (χ1v) is 7.93. The lowest BCUT2D eigenvalue weighted by atomic mass is 10.2. The van der Waals surface area contributed by atoms with Crippen molar-refractivity contribution in [2.24, 2.45) is 0 Å². The Morgan fingerprint density at radius 1 is 1.08 bits per heavy atom. The maximum Gasteiger partial charge on any atom is 0.377 e. The number of hydrogen-bond acceptors (Lipinski definition) is 7. The van der Waals surface area contributed by atoms with Crippen LogP contribution in [0.5, 0.6) is 5.75 Å². The lowest BCUT2D eigenvalue weighted by Crippen LogP contribution is -1.97. The van der Waals surface area contributed by atoms with Gasteiger partial charge in [0, 0.05) is 5.56 Å². The number of rotatable bonds is 5. The molecule has 0 spiro atoms. The maximum atomic E-state index is 11.8. The van der Waals surface area contributed by atoms with Crippen LogP contribution in [0.1, 0.15) is 5.56 Å². The van der Waals surface area contributed by atoms with Crippen LogP contribution in [0.4, 0.5) is 4.79 Å². The molecule has 24 heavy (non-hydrogen) atoms. The van der Waals surface area contributed by atoms with Gasteiger partial charge in [-0.2, -0.15) is 0 Å². The number of benzene rings is 2. The summed E-state index contributed by atoms with van der Waals surface area (Å²) in [5, 5.41) is 7.41. The summed E-state index contributed by atoms with van der Waals surface area (Å²) in [6.07, 6.45) is 0. The van der Waals surface area contributed by atoms with E-state index in [1.807, 2.05) is 30.3 Å². The summed E-state index contributed by atoms with van der Waals surface area (Å²) in [6.45, 7) is 0.201. The van der Waals surface area contributed by atoms with Crippen molar-refractivity contribution in [2.75, 3.05) is 7.11 Å². The van der Waals surface area contributed by atoms with Crippen LogP contribution in [-0.4, -0.2) is 22.6 Å². The smallest absolute Gasteiger partial charge is 0.377 e. The second-order valence-electron chi connectivity index (χ2n) is 4.73. The largest absolute Gasteiger partial charge is 0.497 e. The lowest BCUT2D eigenvalue weighted by Gasteiger charge is -2.02. The second-order valence-corrected chi connectivity index (χ2v) is 5.61. The number of hydrogen-bond donors (Lipinski definition) is 0. The van der Waals surface area contributed by atoms with Gasteiger partial charge in [-0.25, -0.2) is 4.79 Å². The number of nitrogens with zero attached hydrogens (tertiary/aromatic N) is 2. The summed E-state index contributed by atoms with van der Waals surface area (Å²) in [7, 11) is 1.59. The molecule has 0 aliphatic heterocycles. The van der Waals surface area contributed by atoms with Crippen molar-refractivity contribution in [1.29, 1.82) is 0 Å². The van der Waals surface area contributed by atoms with Gasteiger partial charge in [0.15, 0.2) is 0 Å². The van der Waals surface area contributed by atoms with Gasteiger partial charge in [-0.1, -0.05) is 30.3 Å². The van der Waals surface area contributed by atoms with Crippen LogP contribution in [0.3, 0.4) is 0 Å². The van der Waals surface area contributed by atoms with Gasteiger partial charge in [-0.15, -0.1) is 10.2 Å². The minimum atomic E-state index is -0.496. The first-order chi connectivity index (χ1) is 11.7. The molecule has 0 N–H and O–H groups in total. The third-order valence-electron chi connectivity index (χ3n) is 3.11. The summed E-state index contributed by atoms with van der Waals surface area (Å²) < 4.78 is 15.7. The van der Waals surface area contributed by atoms with Crippen LogP contribution in [0.2, 0.25) is 0 Å². The van der Waals surface area contributed by atoms with Crippen molar-refractivity contribution >= 4 is 17.1 Å². The van der Waals surface area contributed by atoms with Crippen molar-refractivity contribution < 1.29 is 18.7 Å². The molecule has 0 aliphatic rings. The van der Waals surface area contributed by atoms with Gasteiger partial charge in [-0.3, -0.25) is 0 Å². The first-order valence-electron chi connectivity index (χ1n) is 7.11. The molecule has 0 atom stereocenters. The summed E-state index contributed by atoms with van der Waals surface area (Å²) in [6, 6.07) is 16.6. The minimum Gasteiger partial charge on any atom is -0.497 e. The van der Waals surface area contributed by atoms with Crippen molar-refractivity contribution in [2.45, 2.75) is 11.8 Å². The molecule has 0 radical (unpaired) electrons. The Kier molecular flexibility index (Phi) is 5.12. The molecule has 122 valence electrons. The number of carbonyl (C=O) groups is 1. The number of aromatic nitrogens is 2. The summed E-state index contributed by atoms with van der Waals surface area (Å²) in [4.78, 5) is 11.8. The van der Waals surface area contributed by atoms with Gasteiger partial charge >= 0.3 is 5.30 Å². The molecule has 2 aromatic carbocycles.